The van der Waals surface area contributed by atoms with E-state index in [2.05, 4.69) is 26.5 Å². The van der Waals surface area contributed by atoms with E-state index < -0.39 is 0 Å². The van der Waals surface area contributed by atoms with Crippen LogP contribution >= 0.6 is 15.9 Å². The maximum absolute atomic E-state index is 11.8. The summed E-state index contributed by atoms with van der Waals surface area (Å²) in [5.41, 5.74) is 3.39. The summed E-state index contributed by atoms with van der Waals surface area (Å²) < 4.78 is 6.17. The fourth-order valence-electron chi connectivity index (χ4n) is 1.72. The molecule has 0 aliphatic carbocycles. The zero-order valence-corrected chi connectivity index (χ0v) is 13.5. The number of hydrogen-bond acceptors (Lipinski definition) is 4. The van der Waals surface area contributed by atoms with E-state index in [4.69, 9.17) is 4.74 Å². The zero-order valence-electron chi connectivity index (χ0n) is 11.9. The highest BCUT2D eigenvalue weighted by molar-refractivity contribution is 9.10. The number of ether oxygens (including phenoxy) is 1. The second-order valence-corrected chi connectivity index (χ2v) is 5.28. The fourth-order valence-corrected chi connectivity index (χ4v) is 1.98. The van der Waals surface area contributed by atoms with Gasteiger partial charge in [-0.2, -0.15) is 5.10 Å². The molecule has 5 nitrogen and oxygen atoms in total. The number of rotatable bonds is 5. The van der Waals surface area contributed by atoms with Gasteiger partial charge < -0.3 is 9.84 Å². The summed E-state index contributed by atoms with van der Waals surface area (Å²) in [6, 6.07) is 11.8. The number of carbonyl (C=O) groups is 1. The van der Waals surface area contributed by atoms with E-state index in [-0.39, 0.29) is 11.7 Å². The van der Waals surface area contributed by atoms with Crippen molar-refractivity contribution in [2.24, 2.45) is 5.10 Å². The van der Waals surface area contributed by atoms with Crippen LogP contribution in [0.5, 0.6) is 11.5 Å². The summed E-state index contributed by atoms with van der Waals surface area (Å²) in [7, 11) is 0. The minimum Gasteiger partial charge on any atom is -0.507 e. The van der Waals surface area contributed by atoms with Crippen molar-refractivity contribution >= 4 is 28.1 Å². The molecule has 114 valence electrons. The van der Waals surface area contributed by atoms with Crippen LogP contribution in [0.4, 0.5) is 0 Å². The number of aromatic hydroxyl groups is 1. The highest BCUT2D eigenvalue weighted by Gasteiger charge is 2.04. The van der Waals surface area contributed by atoms with Gasteiger partial charge in [0.05, 0.1) is 12.8 Å². The van der Waals surface area contributed by atoms with E-state index in [1.165, 1.54) is 12.3 Å². The average Bonchev–Trinajstić information content (AvgIpc) is 2.50. The van der Waals surface area contributed by atoms with Crippen LogP contribution in [0.15, 0.2) is 52.0 Å². The summed E-state index contributed by atoms with van der Waals surface area (Å²) >= 11 is 3.30. The molecule has 0 saturated carbocycles. The van der Waals surface area contributed by atoms with Crippen molar-refractivity contribution in [2.45, 2.75) is 6.92 Å². The Labute approximate surface area is 136 Å². The first kappa shape index (κ1) is 16.0. The molecule has 2 rings (SSSR count). The molecule has 0 fully saturated rings. The molecule has 2 N–H and O–H groups in total. The minimum absolute atomic E-state index is 0.0348. The van der Waals surface area contributed by atoms with Gasteiger partial charge in [-0.15, -0.1) is 0 Å². The van der Waals surface area contributed by atoms with E-state index in [0.717, 1.165) is 4.47 Å². The van der Waals surface area contributed by atoms with E-state index in [1.54, 1.807) is 36.4 Å². The molecule has 0 radical (unpaired) electrons. The van der Waals surface area contributed by atoms with Crippen LogP contribution < -0.4 is 10.2 Å². The molecule has 22 heavy (non-hydrogen) atoms. The van der Waals surface area contributed by atoms with Crippen LogP contribution in [0, 0.1) is 0 Å². The molecule has 2 aromatic rings. The van der Waals surface area contributed by atoms with Crippen LogP contribution in [-0.4, -0.2) is 23.8 Å². The maximum atomic E-state index is 11.8. The Morgan fingerprint density at radius 3 is 2.68 bits per heavy atom. The molecule has 0 heterocycles. The first-order valence-electron chi connectivity index (χ1n) is 6.65. The lowest BCUT2D eigenvalue weighted by molar-refractivity contribution is 0.0955. The number of hydrogen-bond donors (Lipinski definition) is 2. The molecule has 0 saturated heterocycles. The molecule has 0 aliphatic heterocycles. The maximum Gasteiger partial charge on any atom is 0.271 e. The quantitative estimate of drug-likeness (QED) is 0.633. The summed E-state index contributed by atoms with van der Waals surface area (Å²) in [4.78, 5) is 11.8. The van der Waals surface area contributed by atoms with Crippen molar-refractivity contribution < 1.29 is 14.6 Å². The number of halogens is 1. The number of hydrazone groups is 1. The van der Waals surface area contributed by atoms with Crippen molar-refractivity contribution in [1.29, 1.82) is 0 Å². The Balaban J connectivity index is 2.00. The van der Waals surface area contributed by atoms with Gasteiger partial charge in [0.2, 0.25) is 0 Å². The SMILES string of the molecule is CCOc1ccc(C=NNC(=O)c2ccc(Br)cc2)c(O)c1. The van der Waals surface area contributed by atoms with Crippen LogP contribution in [0.3, 0.4) is 0 Å². The number of phenols is 1. The van der Waals surface area contributed by atoms with Crippen LogP contribution in [-0.2, 0) is 0 Å². The number of amides is 1. The second kappa shape index (κ2) is 7.61. The first-order valence-corrected chi connectivity index (χ1v) is 7.44. The van der Waals surface area contributed by atoms with Crippen LogP contribution in [0.1, 0.15) is 22.8 Å². The molecule has 0 spiro atoms. The Morgan fingerprint density at radius 1 is 1.32 bits per heavy atom. The van der Waals surface area contributed by atoms with Crippen molar-refractivity contribution in [3.63, 3.8) is 0 Å². The lowest BCUT2D eigenvalue weighted by atomic mass is 10.2. The summed E-state index contributed by atoms with van der Waals surface area (Å²) in [5.74, 6) is 0.290. The third-order valence-corrected chi connectivity index (χ3v) is 3.32. The normalized spacial score (nSPS) is 10.6. The van der Waals surface area contributed by atoms with Gasteiger partial charge in [-0.05, 0) is 43.3 Å². The van der Waals surface area contributed by atoms with Gasteiger partial charge in [0.25, 0.3) is 5.91 Å². The van der Waals surface area contributed by atoms with E-state index >= 15 is 0 Å². The number of nitrogens with zero attached hydrogens (tertiary/aromatic N) is 1. The van der Waals surface area contributed by atoms with Gasteiger partial charge in [0.15, 0.2) is 0 Å². The molecule has 2 aromatic carbocycles. The monoisotopic (exact) mass is 362 g/mol. The number of phenolic OH excluding ortho intramolecular Hbond substituents is 1. The molecule has 0 unspecified atom stereocenters. The Bertz CT molecular complexity index is 684. The molecule has 0 aliphatic rings. The molecular weight excluding hydrogens is 348 g/mol. The highest BCUT2D eigenvalue weighted by atomic mass is 79.9. The molecule has 0 atom stereocenters. The summed E-state index contributed by atoms with van der Waals surface area (Å²) in [6.07, 6.45) is 1.38. The third-order valence-electron chi connectivity index (χ3n) is 2.79. The topological polar surface area (TPSA) is 70.9 Å². The van der Waals surface area contributed by atoms with E-state index in [0.29, 0.717) is 23.5 Å². The van der Waals surface area contributed by atoms with Gasteiger partial charge in [-0.3, -0.25) is 4.79 Å². The molecule has 0 aromatic heterocycles. The standard InChI is InChI=1S/C16H15BrN2O3/c1-2-22-14-8-5-12(15(20)9-14)10-18-19-16(21)11-3-6-13(17)7-4-11/h3-10,20H,2H2,1H3,(H,19,21). The summed E-state index contributed by atoms with van der Waals surface area (Å²) in [6.45, 7) is 2.39. The molecule has 1 amide bonds. The van der Waals surface area contributed by atoms with Crippen molar-refractivity contribution in [2.75, 3.05) is 6.61 Å². The lowest BCUT2D eigenvalue weighted by Gasteiger charge is -2.05. The van der Waals surface area contributed by atoms with E-state index in [9.17, 15) is 9.90 Å². The predicted molar refractivity (Wildman–Crippen MR) is 88.5 cm³/mol. The number of benzene rings is 2. The van der Waals surface area contributed by atoms with Crippen LogP contribution in [0.2, 0.25) is 0 Å². The Morgan fingerprint density at radius 2 is 2.05 bits per heavy atom. The zero-order chi connectivity index (χ0) is 15.9. The average molecular weight is 363 g/mol. The molecular formula is C16H15BrN2O3. The second-order valence-electron chi connectivity index (χ2n) is 4.36. The van der Waals surface area contributed by atoms with Crippen molar-refractivity contribution in [3.05, 3.63) is 58.1 Å². The van der Waals surface area contributed by atoms with Gasteiger partial charge in [0.1, 0.15) is 11.5 Å². The van der Waals surface area contributed by atoms with Gasteiger partial charge in [-0.25, -0.2) is 5.43 Å². The van der Waals surface area contributed by atoms with Crippen molar-refractivity contribution in [1.82, 2.24) is 5.43 Å². The predicted octanol–water partition coefficient (Wildman–Crippen LogP) is 3.32. The van der Waals surface area contributed by atoms with E-state index in [1.807, 2.05) is 6.92 Å². The minimum atomic E-state index is -0.325. The van der Waals surface area contributed by atoms with Gasteiger partial charge in [0, 0.05) is 21.7 Å². The Hall–Kier alpha value is -2.34. The first-order chi connectivity index (χ1) is 10.6. The van der Waals surface area contributed by atoms with Crippen LogP contribution in [0.25, 0.3) is 0 Å². The smallest absolute Gasteiger partial charge is 0.271 e. The molecule has 6 heteroatoms. The largest absolute Gasteiger partial charge is 0.507 e. The number of carbonyl (C=O) groups excluding carboxylic acids is 1. The van der Waals surface area contributed by atoms with Crippen molar-refractivity contribution in [3.8, 4) is 11.5 Å². The third kappa shape index (κ3) is 4.33. The van der Waals surface area contributed by atoms with Gasteiger partial charge in [-0.1, -0.05) is 15.9 Å². The molecule has 0 bridgehead atoms. The fraction of sp³-hybridized carbons (Fsp3) is 0.125. The summed E-state index contributed by atoms with van der Waals surface area (Å²) in [5, 5.41) is 13.7. The number of nitrogens with one attached hydrogen (secondary N) is 1. The highest BCUT2D eigenvalue weighted by Crippen LogP contribution is 2.22. The van der Waals surface area contributed by atoms with Gasteiger partial charge >= 0.3 is 0 Å². The lowest BCUT2D eigenvalue weighted by Crippen LogP contribution is -2.17. The Kier molecular flexibility index (Phi) is 5.55.